The molecule has 0 aromatic carbocycles. The molecule has 0 amide bonds. The summed E-state index contributed by atoms with van der Waals surface area (Å²) in [5, 5.41) is 9.48. The molecule has 1 saturated carbocycles. The van der Waals surface area contributed by atoms with Crippen molar-refractivity contribution in [2.24, 2.45) is 5.92 Å². The van der Waals surface area contributed by atoms with E-state index in [-0.39, 0.29) is 12.2 Å². The highest BCUT2D eigenvalue weighted by Crippen LogP contribution is 2.26. The summed E-state index contributed by atoms with van der Waals surface area (Å²) in [5.74, 6) is 0.482. The summed E-state index contributed by atoms with van der Waals surface area (Å²) in [5.41, 5.74) is 2.78. The average Bonchev–Trinajstić information content (AvgIpc) is 2.09. The Morgan fingerprint density at radius 3 is 2.92 bits per heavy atom. The minimum atomic E-state index is -0.288. The molecule has 0 spiro atoms. The second-order valence-electron chi connectivity index (χ2n) is 3.29. The Morgan fingerprint density at radius 2 is 2.33 bits per heavy atom. The summed E-state index contributed by atoms with van der Waals surface area (Å²) in [6.07, 6.45) is 4.40. The maximum atomic E-state index is 9.48. The molecule has 0 bridgehead atoms. The van der Waals surface area contributed by atoms with E-state index in [2.05, 4.69) is 12.3 Å². The monoisotopic (exact) mass is 168 g/mol. The minimum Gasteiger partial charge on any atom is -0.390 e. The van der Waals surface area contributed by atoms with E-state index in [9.17, 15) is 5.11 Å². The Bertz CT molecular complexity index is 182. The Labute approximate surface area is 73.5 Å². The number of aliphatic hydroxyl groups is 1. The van der Waals surface area contributed by atoms with Crippen LogP contribution in [0.3, 0.4) is 0 Å². The van der Waals surface area contributed by atoms with Crippen LogP contribution in [0.15, 0.2) is 18.4 Å². The van der Waals surface area contributed by atoms with Crippen molar-refractivity contribution in [1.29, 1.82) is 0 Å². The van der Waals surface area contributed by atoms with Crippen molar-refractivity contribution in [2.45, 2.75) is 31.5 Å². The largest absolute Gasteiger partial charge is 0.390 e. The second kappa shape index (κ2) is 4.46. The Hall–Kier alpha value is -0.560. The SMILES string of the molecule is C=C=CC1CCC(O)C(OC)C1. The van der Waals surface area contributed by atoms with Crippen molar-refractivity contribution in [3.8, 4) is 0 Å². The molecule has 1 rings (SSSR count). The highest BCUT2D eigenvalue weighted by atomic mass is 16.5. The van der Waals surface area contributed by atoms with E-state index in [4.69, 9.17) is 4.74 Å². The second-order valence-corrected chi connectivity index (χ2v) is 3.29. The molecule has 68 valence electrons. The van der Waals surface area contributed by atoms with Crippen molar-refractivity contribution in [3.05, 3.63) is 18.4 Å². The molecular weight excluding hydrogens is 152 g/mol. The van der Waals surface area contributed by atoms with Crippen molar-refractivity contribution in [1.82, 2.24) is 0 Å². The average molecular weight is 168 g/mol. The van der Waals surface area contributed by atoms with E-state index in [0.717, 1.165) is 19.3 Å². The molecule has 1 aliphatic rings. The molecule has 0 aliphatic heterocycles. The van der Waals surface area contributed by atoms with E-state index in [1.165, 1.54) is 0 Å². The van der Waals surface area contributed by atoms with Crippen LogP contribution in [-0.2, 0) is 4.74 Å². The molecule has 3 atom stereocenters. The molecule has 0 heterocycles. The summed E-state index contributed by atoms with van der Waals surface area (Å²) in [6, 6.07) is 0. The fraction of sp³-hybridized carbons (Fsp3) is 0.700. The highest BCUT2D eigenvalue weighted by Gasteiger charge is 2.27. The van der Waals surface area contributed by atoms with E-state index >= 15 is 0 Å². The lowest BCUT2D eigenvalue weighted by Crippen LogP contribution is -2.34. The third kappa shape index (κ3) is 2.21. The molecule has 0 aromatic heterocycles. The van der Waals surface area contributed by atoms with Crippen molar-refractivity contribution >= 4 is 0 Å². The summed E-state index contributed by atoms with van der Waals surface area (Å²) in [4.78, 5) is 0. The first kappa shape index (κ1) is 9.53. The lowest BCUT2D eigenvalue weighted by atomic mass is 9.85. The van der Waals surface area contributed by atoms with Gasteiger partial charge in [0.25, 0.3) is 0 Å². The van der Waals surface area contributed by atoms with Crippen molar-refractivity contribution in [2.75, 3.05) is 7.11 Å². The third-order valence-electron chi connectivity index (χ3n) is 2.45. The fourth-order valence-corrected chi connectivity index (χ4v) is 1.72. The molecule has 0 radical (unpaired) electrons. The molecule has 1 N–H and O–H groups in total. The zero-order valence-corrected chi connectivity index (χ0v) is 7.49. The van der Waals surface area contributed by atoms with Crippen LogP contribution in [0.4, 0.5) is 0 Å². The summed E-state index contributed by atoms with van der Waals surface area (Å²) >= 11 is 0. The number of hydrogen-bond donors (Lipinski definition) is 1. The van der Waals surface area contributed by atoms with Crippen LogP contribution in [-0.4, -0.2) is 24.4 Å². The van der Waals surface area contributed by atoms with Gasteiger partial charge in [0.1, 0.15) is 0 Å². The van der Waals surface area contributed by atoms with Gasteiger partial charge in [-0.25, -0.2) is 0 Å². The van der Waals surface area contributed by atoms with Gasteiger partial charge >= 0.3 is 0 Å². The predicted octanol–water partition coefficient (Wildman–Crippen LogP) is 1.50. The van der Waals surface area contributed by atoms with E-state index in [1.807, 2.05) is 6.08 Å². The zero-order valence-electron chi connectivity index (χ0n) is 7.49. The molecular formula is C10H16O2. The van der Waals surface area contributed by atoms with Crippen LogP contribution < -0.4 is 0 Å². The number of aliphatic hydroxyl groups excluding tert-OH is 1. The molecule has 3 unspecified atom stereocenters. The normalized spacial score (nSPS) is 35.7. The van der Waals surface area contributed by atoms with Crippen molar-refractivity contribution in [3.63, 3.8) is 0 Å². The Kier molecular flexibility index (Phi) is 3.54. The number of hydrogen-bond acceptors (Lipinski definition) is 2. The van der Waals surface area contributed by atoms with Gasteiger partial charge in [0.05, 0.1) is 12.2 Å². The topological polar surface area (TPSA) is 29.5 Å². The summed E-state index contributed by atoms with van der Waals surface area (Å²) in [7, 11) is 1.65. The van der Waals surface area contributed by atoms with Crippen LogP contribution in [0.5, 0.6) is 0 Å². The maximum absolute atomic E-state index is 9.48. The first-order valence-electron chi connectivity index (χ1n) is 4.34. The van der Waals surface area contributed by atoms with Crippen LogP contribution in [0.1, 0.15) is 19.3 Å². The van der Waals surface area contributed by atoms with Gasteiger partial charge in [0, 0.05) is 7.11 Å². The fourth-order valence-electron chi connectivity index (χ4n) is 1.72. The summed E-state index contributed by atoms with van der Waals surface area (Å²) < 4.78 is 5.16. The van der Waals surface area contributed by atoms with E-state index in [1.54, 1.807) is 7.11 Å². The smallest absolute Gasteiger partial charge is 0.0836 e. The van der Waals surface area contributed by atoms with Gasteiger partial charge in [-0.2, -0.15) is 0 Å². The number of allylic oxidation sites excluding steroid dienone is 1. The minimum absolute atomic E-state index is 0.00616. The lowest BCUT2D eigenvalue weighted by molar-refractivity contribution is -0.0448. The predicted molar refractivity (Wildman–Crippen MR) is 47.9 cm³/mol. The number of rotatable bonds is 2. The van der Waals surface area contributed by atoms with E-state index in [0.29, 0.717) is 5.92 Å². The molecule has 1 aliphatic carbocycles. The number of ether oxygens (including phenoxy) is 1. The van der Waals surface area contributed by atoms with Crippen LogP contribution >= 0.6 is 0 Å². The molecule has 1 fully saturated rings. The first-order valence-corrected chi connectivity index (χ1v) is 4.34. The van der Waals surface area contributed by atoms with Crippen LogP contribution in [0.2, 0.25) is 0 Å². The van der Waals surface area contributed by atoms with E-state index < -0.39 is 0 Å². The van der Waals surface area contributed by atoms with Crippen LogP contribution in [0.25, 0.3) is 0 Å². The zero-order chi connectivity index (χ0) is 8.97. The van der Waals surface area contributed by atoms with Gasteiger partial charge in [-0.1, -0.05) is 6.58 Å². The van der Waals surface area contributed by atoms with Crippen LogP contribution in [0, 0.1) is 5.92 Å². The third-order valence-corrected chi connectivity index (χ3v) is 2.45. The lowest BCUT2D eigenvalue weighted by Gasteiger charge is -2.30. The Balaban J connectivity index is 2.49. The highest BCUT2D eigenvalue weighted by molar-refractivity contribution is 4.91. The molecule has 0 saturated heterocycles. The summed E-state index contributed by atoms with van der Waals surface area (Å²) in [6.45, 7) is 3.54. The quantitative estimate of drug-likeness (QED) is 0.633. The molecule has 2 heteroatoms. The van der Waals surface area contributed by atoms with Crippen molar-refractivity contribution < 1.29 is 9.84 Å². The van der Waals surface area contributed by atoms with Gasteiger partial charge in [0.15, 0.2) is 0 Å². The van der Waals surface area contributed by atoms with Gasteiger partial charge in [-0.15, -0.1) is 5.73 Å². The molecule has 2 nitrogen and oxygen atoms in total. The number of methoxy groups -OCH3 is 1. The van der Waals surface area contributed by atoms with Gasteiger partial charge in [-0.3, -0.25) is 0 Å². The van der Waals surface area contributed by atoms with Gasteiger partial charge < -0.3 is 9.84 Å². The standard InChI is InChI=1S/C10H16O2/c1-3-4-8-5-6-9(11)10(7-8)12-2/h4,8-11H,1,5-7H2,2H3. The first-order chi connectivity index (χ1) is 5.77. The Morgan fingerprint density at radius 1 is 1.58 bits per heavy atom. The maximum Gasteiger partial charge on any atom is 0.0836 e. The molecule has 0 aromatic rings. The van der Waals surface area contributed by atoms with Gasteiger partial charge in [0.2, 0.25) is 0 Å². The van der Waals surface area contributed by atoms with Gasteiger partial charge in [-0.05, 0) is 31.3 Å². The molecule has 12 heavy (non-hydrogen) atoms.